The van der Waals surface area contributed by atoms with Crippen molar-refractivity contribution >= 4 is 126 Å². The quantitative estimate of drug-likeness (QED) is 0.0559. The van der Waals surface area contributed by atoms with Crippen molar-refractivity contribution in [2.45, 2.75) is 165 Å². The van der Waals surface area contributed by atoms with Gasteiger partial charge in [-0.1, -0.05) is 87.9 Å². The predicted molar refractivity (Wildman–Crippen MR) is 353 cm³/mol. The molecule has 2 amide bonds. The number of carbonyl (C=O) groups excluding carboxylic acids is 2. The number of fused-ring (bicyclic) bond motifs is 1. The Bertz CT molecular complexity index is 4290. The van der Waals surface area contributed by atoms with E-state index >= 15 is 0 Å². The summed E-state index contributed by atoms with van der Waals surface area (Å²) in [5.74, 6) is -1.35. The number of halogens is 4. The zero-order chi connectivity index (χ0) is 69.1. The molecular formula is C63H78Cl4N4O19S4. The fraction of sp³-hybridized carbons (Fsp3) is 0.571. The van der Waals surface area contributed by atoms with Gasteiger partial charge in [-0.2, -0.15) is 0 Å². The highest BCUT2D eigenvalue weighted by Crippen LogP contribution is 2.57. The number of ether oxygens (including phenoxy) is 5. The summed E-state index contributed by atoms with van der Waals surface area (Å²) in [6.45, 7) is 21.0. The largest absolute Gasteiger partial charge is 0.504 e. The average molecular weight is 1470 g/mol. The lowest BCUT2D eigenvalue weighted by molar-refractivity contribution is -0.153. The second-order valence-electron chi connectivity index (χ2n) is 29.5. The molecule has 4 aromatic carbocycles. The number of hydrogen-bond acceptors (Lipinski definition) is 21. The fourth-order valence-electron chi connectivity index (χ4n) is 12.6. The van der Waals surface area contributed by atoms with Crippen LogP contribution in [-0.2, 0) is 73.2 Å². The lowest BCUT2D eigenvalue weighted by atomic mass is 9.67. The van der Waals surface area contributed by atoms with E-state index in [1.54, 1.807) is 53.7 Å². The van der Waals surface area contributed by atoms with E-state index < -0.39 is 94.7 Å². The van der Waals surface area contributed by atoms with Crippen LogP contribution in [0.1, 0.15) is 120 Å². The van der Waals surface area contributed by atoms with E-state index in [9.17, 15) is 58.6 Å². The average Bonchev–Trinajstić information content (AvgIpc) is 0.897. The third-order valence-corrected chi connectivity index (χ3v) is 28.9. The number of carbonyl (C=O) groups is 2. The molecule has 516 valence electrons. The zero-order valence-electron chi connectivity index (χ0n) is 53.3. The summed E-state index contributed by atoms with van der Waals surface area (Å²) in [5.41, 5.74) is 4.64. The minimum atomic E-state index is -3.83. The number of aromatic hydroxyl groups is 3. The summed E-state index contributed by atoms with van der Waals surface area (Å²) < 4.78 is 135. The molecule has 13 rings (SSSR count). The second-order valence-corrected chi connectivity index (χ2v) is 39.7. The van der Waals surface area contributed by atoms with E-state index in [-0.39, 0.29) is 95.3 Å². The van der Waals surface area contributed by atoms with Crippen LogP contribution in [0.15, 0.2) is 72.5 Å². The van der Waals surface area contributed by atoms with Gasteiger partial charge in [-0.05, 0) is 121 Å². The number of phenols is 3. The molecule has 31 heteroatoms. The standard InChI is InChI=1S/C17H22ClNO6S.C17H22ClNO5S.C17H20ClNO4S.C12H14ClNO4S/c1-16(2,3)25-15(21)19-12-5-4-11(18)14(13(12)20)26(22,23)10-6-17(7-10)8-24-9-17;1-16(2,3)15(21)19-12-5-4-11(18)14(13(12)20)25(22,23)10-6-17(7-10)8-24-9-17;1-16(2,3)15-19-12-5-4-11(18)14(13(12)23-15)24(20,21)10-6-17(7-10)8-22-9-17;13-8-1-2-9(14)10(15)11(8)19(16,17)7-3-12(4-7)5-18-6-12/h4-5,10,20H,6-9H2,1-3H3,(H,19,21);4-5,10,20H,6-9H2,1-3H3,(H,19,21);4-5,10H,6-9H2,1-3H3;1-2,7,15H,3-6,14H2. The highest BCUT2D eigenvalue weighted by Gasteiger charge is 2.59. The molecule has 0 atom stereocenters. The number of amides is 2. The van der Waals surface area contributed by atoms with E-state index in [2.05, 4.69) is 15.6 Å². The molecule has 8 fully saturated rings. The van der Waals surface area contributed by atoms with Crippen molar-refractivity contribution in [2.75, 3.05) is 69.2 Å². The van der Waals surface area contributed by atoms with Gasteiger partial charge >= 0.3 is 6.09 Å². The minimum absolute atomic E-state index is 0.0116. The molecule has 23 nitrogen and oxygen atoms in total. The Morgan fingerprint density at radius 1 is 0.500 bits per heavy atom. The Hall–Kier alpha value is -4.91. The Labute approximate surface area is 567 Å². The van der Waals surface area contributed by atoms with Gasteiger partial charge in [0.25, 0.3) is 0 Å². The first-order valence-electron chi connectivity index (χ1n) is 30.4. The Morgan fingerprint density at radius 2 is 0.819 bits per heavy atom. The van der Waals surface area contributed by atoms with Gasteiger partial charge < -0.3 is 54.5 Å². The Balaban J connectivity index is 0.000000138. The summed E-state index contributed by atoms with van der Waals surface area (Å²) >= 11 is 24.3. The van der Waals surface area contributed by atoms with Gasteiger partial charge in [0.15, 0.2) is 62.2 Å². The summed E-state index contributed by atoms with van der Waals surface area (Å²) in [4.78, 5) is 27.7. The van der Waals surface area contributed by atoms with Crippen molar-refractivity contribution in [3.05, 3.63) is 74.5 Å². The molecule has 8 aliphatic rings. The number of oxazole rings is 1. The number of nitrogens with one attached hydrogen (secondary N) is 2. The zero-order valence-corrected chi connectivity index (χ0v) is 59.6. The molecule has 7 N–H and O–H groups in total. The van der Waals surface area contributed by atoms with Crippen LogP contribution >= 0.6 is 46.4 Å². The number of sulfone groups is 4. The van der Waals surface area contributed by atoms with E-state index in [1.807, 2.05) is 20.8 Å². The predicted octanol–water partition coefficient (Wildman–Crippen LogP) is 11.6. The summed E-state index contributed by atoms with van der Waals surface area (Å²) in [7, 11) is -14.8. The van der Waals surface area contributed by atoms with Crippen LogP contribution in [0.3, 0.4) is 0 Å². The van der Waals surface area contributed by atoms with E-state index in [4.69, 9.17) is 80.2 Å². The van der Waals surface area contributed by atoms with Crippen LogP contribution in [0, 0.1) is 27.1 Å². The molecule has 4 spiro atoms. The number of anilines is 3. The smallest absolute Gasteiger partial charge is 0.412 e. The molecule has 5 aromatic rings. The molecule has 5 heterocycles. The van der Waals surface area contributed by atoms with Gasteiger partial charge in [0.2, 0.25) is 11.8 Å². The fourth-order valence-corrected chi connectivity index (χ4v) is 23.3. The monoisotopic (exact) mass is 1460 g/mol. The minimum Gasteiger partial charge on any atom is -0.504 e. The van der Waals surface area contributed by atoms with Crippen LogP contribution in [0.5, 0.6) is 17.2 Å². The van der Waals surface area contributed by atoms with E-state index in [0.717, 1.165) is 0 Å². The van der Waals surface area contributed by atoms with Crippen molar-refractivity contribution in [1.29, 1.82) is 0 Å². The van der Waals surface area contributed by atoms with Crippen LogP contribution in [0.4, 0.5) is 21.9 Å². The molecule has 4 aliphatic heterocycles. The number of aromatic nitrogens is 1. The van der Waals surface area contributed by atoms with Gasteiger partial charge in [0, 0.05) is 32.5 Å². The van der Waals surface area contributed by atoms with Crippen molar-refractivity contribution < 1.29 is 86.7 Å². The Morgan fingerprint density at radius 3 is 1.15 bits per heavy atom. The number of phenolic OH excluding ortho intramolecular Hbond substituents is 3. The maximum atomic E-state index is 13.1. The summed E-state index contributed by atoms with van der Waals surface area (Å²) in [6, 6.07) is 11.5. The number of rotatable bonds is 10. The number of hydrogen-bond donors (Lipinski definition) is 6. The SMILES string of the molecule is CC(C)(C)C(=O)Nc1ccc(Cl)c(S(=O)(=O)C2CC3(COC3)C2)c1O.CC(C)(C)OC(=O)Nc1ccc(Cl)c(S(=O)(=O)C2CC3(COC3)C2)c1O.CC(C)(C)c1nc2ccc(Cl)c(S(=O)(=O)C3CC4(COC4)C3)c2o1.Nc1ccc(Cl)c(S(=O)(=O)C2CC3(COC3)C2)c1O. The first-order valence-corrected chi connectivity index (χ1v) is 38.1. The van der Waals surface area contributed by atoms with Crippen LogP contribution in [-0.4, -0.2) is 145 Å². The van der Waals surface area contributed by atoms with Crippen LogP contribution in [0.2, 0.25) is 20.1 Å². The van der Waals surface area contributed by atoms with Crippen LogP contribution in [0.25, 0.3) is 11.1 Å². The van der Waals surface area contributed by atoms with Gasteiger partial charge in [-0.15, -0.1) is 0 Å². The number of nitrogen functional groups attached to an aromatic ring is 1. The van der Waals surface area contributed by atoms with E-state index in [0.29, 0.717) is 116 Å². The number of nitrogens with two attached hydrogens (primary N) is 1. The topological polar surface area (TPSA) is 354 Å². The Kier molecular flexibility index (Phi) is 19.2. The summed E-state index contributed by atoms with van der Waals surface area (Å²) in [5, 5.41) is 33.7. The molecule has 1 aromatic heterocycles. The maximum Gasteiger partial charge on any atom is 0.412 e. The normalized spacial score (nSPS) is 22.2. The first kappa shape index (κ1) is 71.9. The van der Waals surface area contributed by atoms with E-state index in [1.165, 1.54) is 36.4 Å². The van der Waals surface area contributed by atoms with Crippen molar-refractivity contribution in [3.8, 4) is 17.2 Å². The molecule has 0 radical (unpaired) electrons. The molecule has 4 saturated heterocycles. The summed E-state index contributed by atoms with van der Waals surface area (Å²) in [6.07, 6.45) is 3.54. The van der Waals surface area contributed by atoms with Gasteiger partial charge in [-0.3, -0.25) is 10.1 Å². The van der Waals surface area contributed by atoms with Crippen molar-refractivity contribution in [1.82, 2.24) is 4.98 Å². The maximum absolute atomic E-state index is 13.1. The van der Waals surface area contributed by atoms with Crippen molar-refractivity contribution in [3.63, 3.8) is 0 Å². The van der Waals surface area contributed by atoms with Gasteiger partial charge in [0.05, 0.1) is 111 Å². The highest BCUT2D eigenvalue weighted by atomic mass is 35.5. The van der Waals surface area contributed by atoms with Crippen LogP contribution < -0.4 is 16.4 Å². The molecule has 94 heavy (non-hydrogen) atoms. The lowest BCUT2D eigenvalue weighted by Gasteiger charge is -2.52. The van der Waals surface area contributed by atoms with Gasteiger partial charge in [0.1, 0.15) is 30.7 Å². The second kappa shape index (κ2) is 25.1. The van der Waals surface area contributed by atoms with Crippen molar-refractivity contribution in [2.24, 2.45) is 27.1 Å². The molecule has 4 aliphatic carbocycles. The third kappa shape index (κ3) is 13.8. The number of nitrogens with zero attached hydrogens (tertiary/aromatic N) is 1. The lowest BCUT2D eigenvalue weighted by Crippen LogP contribution is -2.56. The third-order valence-electron chi connectivity index (χ3n) is 18.4. The molecule has 0 bridgehead atoms. The first-order chi connectivity index (χ1) is 43.4. The number of benzene rings is 4. The highest BCUT2D eigenvalue weighted by molar-refractivity contribution is 7.93. The molecule has 4 saturated carbocycles. The molecular weight excluding hydrogens is 1390 g/mol. The molecule has 0 unspecified atom stereocenters. The van der Waals surface area contributed by atoms with Gasteiger partial charge in [-0.25, -0.2) is 43.4 Å².